The summed E-state index contributed by atoms with van der Waals surface area (Å²) in [4.78, 5) is 3.59. The monoisotopic (exact) mass is 387 g/mol. The quantitative estimate of drug-likeness (QED) is 0.528. The van der Waals surface area contributed by atoms with Gasteiger partial charge in [0.15, 0.2) is 0 Å². The van der Waals surface area contributed by atoms with Crippen LogP contribution in [0.5, 0.6) is 0 Å². The van der Waals surface area contributed by atoms with Gasteiger partial charge in [0.25, 0.3) is 6.43 Å². The van der Waals surface area contributed by atoms with Crippen LogP contribution >= 0.6 is 11.8 Å². The maximum atomic E-state index is 13.1. The third-order valence-electron chi connectivity index (χ3n) is 3.27. The number of nitrogens with zero attached hydrogens (tertiary/aromatic N) is 3. The lowest BCUT2D eigenvalue weighted by Gasteiger charge is -2.20. The van der Waals surface area contributed by atoms with Crippen molar-refractivity contribution in [3.8, 4) is 5.69 Å². The number of hydrogen-bond acceptors (Lipinski definition) is 3. The summed E-state index contributed by atoms with van der Waals surface area (Å²) in [5, 5.41) is 3.58. The molecule has 1 aromatic heterocycles. The maximum Gasteiger partial charge on any atom is 0.454 e. The van der Waals surface area contributed by atoms with Gasteiger partial charge in [0.05, 0.1) is 11.4 Å². The van der Waals surface area contributed by atoms with Crippen LogP contribution in [0.1, 0.15) is 23.4 Å². The molecule has 3 nitrogen and oxygen atoms in total. The van der Waals surface area contributed by atoms with E-state index in [4.69, 9.17) is 0 Å². The number of halogens is 7. The standard InChI is InChI=1S/C14H12F7N3S/c1-7-3-8(2)10(25-5-13(17,18)14(19,20)21)4-9(7)24-6-22-12(23-24)11(15)16/h3-4,6,11H,5H2,1-2H3. The Balaban J connectivity index is 2.31. The minimum Gasteiger partial charge on any atom is -0.220 e. The summed E-state index contributed by atoms with van der Waals surface area (Å²) in [6.45, 7) is 3.18. The molecule has 0 aliphatic heterocycles. The third kappa shape index (κ3) is 4.25. The Morgan fingerprint density at radius 3 is 2.24 bits per heavy atom. The van der Waals surface area contributed by atoms with Gasteiger partial charge in [-0.15, -0.1) is 16.9 Å². The van der Waals surface area contributed by atoms with Crippen molar-refractivity contribution in [2.75, 3.05) is 5.75 Å². The molecule has 0 radical (unpaired) electrons. The Morgan fingerprint density at radius 2 is 1.72 bits per heavy atom. The highest BCUT2D eigenvalue weighted by molar-refractivity contribution is 7.99. The normalized spacial score (nSPS) is 12.9. The molecule has 0 atom stereocenters. The average Bonchev–Trinajstić information content (AvgIpc) is 2.95. The molecule has 25 heavy (non-hydrogen) atoms. The average molecular weight is 387 g/mol. The highest BCUT2D eigenvalue weighted by atomic mass is 32.2. The van der Waals surface area contributed by atoms with Crippen LogP contribution in [0, 0.1) is 13.8 Å². The summed E-state index contributed by atoms with van der Waals surface area (Å²) in [6.07, 6.45) is -7.50. The number of thioether (sulfide) groups is 1. The van der Waals surface area contributed by atoms with E-state index in [9.17, 15) is 30.7 Å². The van der Waals surface area contributed by atoms with Crippen molar-refractivity contribution in [3.63, 3.8) is 0 Å². The summed E-state index contributed by atoms with van der Waals surface area (Å²) < 4.78 is 89.1. The SMILES string of the molecule is Cc1cc(C)c(-n2cnc(C(F)F)n2)cc1SCC(F)(F)C(F)(F)F. The van der Waals surface area contributed by atoms with Crippen molar-refractivity contribution in [2.24, 2.45) is 0 Å². The molecular weight excluding hydrogens is 375 g/mol. The van der Waals surface area contributed by atoms with Gasteiger partial charge in [-0.3, -0.25) is 0 Å². The molecule has 2 rings (SSSR count). The predicted molar refractivity (Wildman–Crippen MR) is 77.5 cm³/mol. The second kappa shape index (κ2) is 6.85. The number of hydrogen-bond donors (Lipinski definition) is 0. The highest BCUT2D eigenvalue weighted by Gasteiger charge is 2.57. The number of rotatable bonds is 5. The van der Waals surface area contributed by atoms with Crippen LogP contribution in [0.3, 0.4) is 0 Å². The van der Waals surface area contributed by atoms with Crippen molar-refractivity contribution in [1.82, 2.24) is 14.8 Å². The van der Waals surface area contributed by atoms with Gasteiger partial charge in [-0.2, -0.15) is 22.0 Å². The van der Waals surface area contributed by atoms with Gasteiger partial charge in [-0.05, 0) is 31.0 Å². The van der Waals surface area contributed by atoms with E-state index in [1.807, 2.05) is 0 Å². The van der Waals surface area contributed by atoms with Crippen LogP contribution < -0.4 is 0 Å². The van der Waals surface area contributed by atoms with E-state index in [1.54, 1.807) is 19.9 Å². The molecule has 1 aromatic carbocycles. The molecule has 0 unspecified atom stereocenters. The third-order valence-corrected chi connectivity index (χ3v) is 4.53. The zero-order chi connectivity index (χ0) is 19.0. The lowest BCUT2D eigenvalue weighted by Crippen LogP contribution is -2.38. The Hall–Kier alpha value is -1.78. The molecule has 138 valence electrons. The molecule has 11 heteroatoms. The topological polar surface area (TPSA) is 30.7 Å². The molecule has 0 aliphatic carbocycles. The van der Waals surface area contributed by atoms with Crippen molar-refractivity contribution in [2.45, 2.75) is 37.3 Å². The Morgan fingerprint density at radius 1 is 1.08 bits per heavy atom. The van der Waals surface area contributed by atoms with Crippen LogP contribution in [-0.4, -0.2) is 32.6 Å². The molecule has 0 fully saturated rings. The van der Waals surface area contributed by atoms with Crippen LogP contribution in [0.15, 0.2) is 23.4 Å². The maximum absolute atomic E-state index is 13.1. The lowest BCUT2D eigenvalue weighted by atomic mass is 10.1. The molecule has 0 saturated heterocycles. The van der Waals surface area contributed by atoms with Crippen molar-refractivity contribution < 1.29 is 30.7 Å². The zero-order valence-corrected chi connectivity index (χ0v) is 13.7. The first-order valence-corrected chi connectivity index (χ1v) is 7.79. The molecule has 1 heterocycles. The molecular formula is C14H12F7N3S. The van der Waals surface area contributed by atoms with Crippen molar-refractivity contribution >= 4 is 11.8 Å². The van der Waals surface area contributed by atoms with E-state index < -0.39 is 30.1 Å². The minimum atomic E-state index is -5.64. The molecule has 2 aromatic rings. The second-order valence-corrected chi connectivity index (χ2v) is 6.26. The van der Waals surface area contributed by atoms with Crippen LogP contribution in [0.25, 0.3) is 5.69 Å². The van der Waals surface area contributed by atoms with Crippen LogP contribution in [-0.2, 0) is 0 Å². The molecule has 0 bridgehead atoms. The second-order valence-electron chi connectivity index (χ2n) is 5.24. The van der Waals surface area contributed by atoms with Gasteiger partial charge in [-0.1, -0.05) is 6.07 Å². The van der Waals surface area contributed by atoms with Gasteiger partial charge in [-0.25, -0.2) is 18.4 Å². The summed E-state index contributed by atoms with van der Waals surface area (Å²) in [7, 11) is 0. The first-order valence-electron chi connectivity index (χ1n) is 6.81. The number of aromatic nitrogens is 3. The Kier molecular flexibility index (Phi) is 5.35. The highest BCUT2D eigenvalue weighted by Crippen LogP contribution is 2.40. The van der Waals surface area contributed by atoms with E-state index in [2.05, 4.69) is 10.1 Å². The van der Waals surface area contributed by atoms with Crippen LogP contribution in [0.4, 0.5) is 30.7 Å². The predicted octanol–water partition coefficient (Wildman–Crippen LogP) is 5.11. The van der Waals surface area contributed by atoms with Crippen molar-refractivity contribution in [1.29, 1.82) is 0 Å². The summed E-state index contributed by atoms with van der Waals surface area (Å²) in [5.74, 6) is -7.04. The number of alkyl halides is 7. The van der Waals surface area contributed by atoms with E-state index in [-0.39, 0.29) is 10.6 Å². The van der Waals surface area contributed by atoms with Gasteiger partial charge >= 0.3 is 12.1 Å². The van der Waals surface area contributed by atoms with E-state index in [1.165, 1.54) is 6.07 Å². The van der Waals surface area contributed by atoms with Gasteiger partial charge < -0.3 is 0 Å². The number of benzene rings is 1. The first-order chi connectivity index (χ1) is 11.4. The summed E-state index contributed by atoms with van der Waals surface area (Å²) in [5.41, 5.74) is 1.33. The van der Waals surface area contributed by atoms with Gasteiger partial charge in [0, 0.05) is 4.90 Å². The molecule has 0 N–H and O–H groups in total. The Labute approximate surface area is 142 Å². The zero-order valence-electron chi connectivity index (χ0n) is 12.9. The Bertz CT molecular complexity index is 755. The first kappa shape index (κ1) is 19.5. The van der Waals surface area contributed by atoms with E-state index >= 15 is 0 Å². The lowest BCUT2D eigenvalue weighted by molar-refractivity contribution is -0.271. The fraction of sp³-hybridized carbons (Fsp3) is 0.429. The van der Waals surface area contributed by atoms with Crippen LogP contribution in [0.2, 0.25) is 0 Å². The van der Waals surface area contributed by atoms with E-state index in [0.717, 1.165) is 11.0 Å². The largest absolute Gasteiger partial charge is 0.454 e. The fourth-order valence-electron chi connectivity index (χ4n) is 1.97. The molecule has 0 saturated carbocycles. The number of aryl methyl sites for hydroxylation is 2. The molecule has 0 spiro atoms. The molecule has 0 aliphatic rings. The summed E-state index contributed by atoms with van der Waals surface area (Å²) >= 11 is 0.332. The van der Waals surface area contributed by atoms with Gasteiger partial charge in [0.2, 0.25) is 5.82 Å². The van der Waals surface area contributed by atoms with Gasteiger partial charge in [0.1, 0.15) is 6.33 Å². The minimum absolute atomic E-state index is 0.165. The fourth-order valence-corrected chi connectivity index (χ4v) is 2.95. The smallest absolute Gasteiger partial charge is 0.220 e. The van der Waals surface area contributed by atoms with Crippen molar-refractivity contribution in [3.05, 3.63) is 35.4 Å². The van der Waals surface area contributed by atoms with E-state index in [0.29, 0.717) is 22.9 Å². The summed E-state index contributed by atoms with van der Waals surface area (Å²) in [6, 6.07) is 2.87. The molecule has 0 amide bonds.